The summed E-state index contributed by atoms with van der Waals surface area (Å²) in [6.07, 6.45) is 7.84. The minimum absolute atomic E-state index is 0.677. The third-order valence-corrected chi connectivity index (χ3v) is 3.52. The lowest BCUT2D eigenvalue weighted by Gasteiger charge is -2.03. The fourth-order valence-corrected chi connectivity index (χ4v) is 2.23. The molecule has 0 bridgehead atoms. The van der Waals surface area contributed by atoms with Crippen LogP contribution < -0.4 is 5.32 Å². The summed E-state index contributed by atoms with van der Waals surface area (Å²) in [6, 6.07) is 2.11. The summed E-state index contributed by atoms with van der Waals surface area (Å²) < 4.78 is 11.4. The molecule has 1 aromatic rings. The Kier molecular flexibility index (Phi) is 9.42. The summed E-state index contributed by atoms with van der Waals surface area (Å²) in [7, 11) is 0. The molecule has 0 aromatic carbocycles. The van der Waals surface area contributed by atoms with Crippen LogP contribution in [-0.4, -0.2) is 13.2 Å². The number of unbranched alkanes of at least 4 members (excludes halogenated alkanes) is 5. The van der Waals surface area contributed by atoms with Crippen molar-refractivity contribution >= 4 is 0 Å². The highest BCUT2D eigenvalue weighted by Crippen LogP contribution is 2.16. The van der Waals surface area contributed by atoms with E-state index in [1.54, 1.807) is 0 Å². The van der Waals surface area contributed by atoms with E-state index in [9.17, 15) is 0 Å². The van der Waals surface area contributed by atoms with Crippen molar-refractivity contribution in [2.45, 2.75) is 72.4 Å². The predicted molar refractivity (Wildman–Crippen MR) is 83.9 cm³/mol. The minimum atomic E-state index is 0.677. The van der Waals surface area contributed by atoms with Gasteiger partial charge < -0.3 is 14.5 Å². The third-order valence-electron chi connectivity index (χ3n) is 3.52. The second-order valence-corrected chi connectivity index (χ2v) is 5.39. The monoisotopic (exact) mass is 281 g/mol. The molecule has 116 valence electrons. The highest BCUT2D eigenvalue weighted by atomic mass is 16.5. The summed E-state index contributed by atoms with van der Waals surface area (Å²) in [5.41, 5.74) is 1.18. The van der Waals surface area contributed by atoms with Gasteiger partial charge in [-0.1, -0.05) is 46.0 Å². The maximum Gasteiger partial charge on any atom is 0.118 e. The molecule has 3 nitrogen and oxygen atoms in total. The molecule has 3 heteroatoms. The molecule has 0 fully saturated rings. The van der Waals surface area contributed by atoms with Crippen molar-refractivity contribution < 1.29 is 9.15 Å². The summed E-state index contributed by atoms with van der Waals surface area (Å²) >= 11 is 0. The van der Waals surface area contributed by atoms with Crippen molar-refractivity contribution in [3.63, 3.8) is 0 Å². The Bertz CT molecular complexity index is 347. The number of aryl methyl sites for hydroxylation is 1. The average molecular weight is 281 g/mol. The molecular weight excluding hydrogens is 250 g/mol. The van der Waals surface area contributed by atoms with Crippen LogP contribution in [0.5, 0.6) is 0 Å². The first-order valence-corrected chi connectivity index (χ1v) is 8.14. The second-order valence-electron chi connectivity index (χ2n) is 5.39. The number of nitrogens with one attached hydrogen (secondary N) is 1. The molecule has 0 radical (unpaired) electrons. The Morgan fingerprint density at radius 3 is 2.60 bits per heavy atom. The van der Waals surface area contributed by atoms with Crippen molar-refractivity contribution in [3.05, 3.63) is 23.2 Å². The maximum absolute atomic E-state index is 5.74. The van der Waals surface area contributed by atoms with E-state index >= 15 is 0 Å². The van der Waals surface area contributed by atoms with Gasteiger partial charge in [0.1, 0.15) is 11.5 Å². The maximum atomic E-state index is 5.74. The van der Waals surface area contributed by atoms with Crippen LogP contribution in [0.1, 0.15) is 69.5 Å². The van der Waals surface area contributed by atoms with Gasteiger partial charge in [0, 0.05) is 12.2 Å². The van der Waals surface area contributed by atoms with E-state index in [0.29, 0.717) is 6.61 Å². The van der Waals surface area contributed by atoms with Crippen LogP contribution in [0.4, 0.5) is 0 Å². The van der Waals surface area contributed by atoms with E-state index in [2.05, 4.69) is 25.2 Å². The van der Waals surface area contributed by atoms with Gasteiger partial charge in [-0.15, -0.1) is 0 Å². The van der Waals surface area contributed by atoms with Crippen molar-refractivity contribution in [1.29, 1.82) is 0 Å². The Hall–Kier alpha value is -0.800. The third kappa shape index (κ3) is 7.11. The zero-order valence-electron chi connectivity index (χ0n) is 13.5. The van der Waals surface area contributed by atoms with E-state index in [0.717, 1.165) is 31.2 Å². The van der Waals surface area contributed by atoms with Crippen LogP contribution in [0, 0.1) is 6.92 Å². The molecule has 1 rings (SSSR count). The molecule has 0 atom stereocenters. The van der Waals surface area contributed by atoms with Crippen LogP contribution in [0.15, 0.2) is 10.5 Å². The lowest BCUT2D eigenvalue weighted by atomic mass is 10.1. The van der Waals surface area contributed by atoms with Gasteiger partial charge in [0.25, 0.3) is 0 Å². The molecule has 0 saturated heterocycles. The largest absolute Gasteiger partial charge is 0.465 e. The van der Waals surface area contributed by atoms with Crippen LogP contribution in [-0.2, 0) is 17.9 Å². The van der Waals surface area contributed by atoms with Gasteiger partial charge in [-0.3, -0.25) is 0 Å². The van der Waals surface area contributed by atoms with Crippen LogP contribution in [0.25, 0.3) is 0 Å². The summed E-state index contributed by atoms with van der Waals surface area (Å²) in [5.74, 6) is 1.99. The van der Waals surface area contributed by atoms with E-state index in [1.807, 2.05) is 6.92 Å². The standard InChI is InChI=1S/C17H31NO2/c1-4-6-7-8-9-10-11-19-14-16-12-17(13-18-5-2)20-15(16)3/h12,18H,4-11,13-14H2,1-3H3. The van der Waals surface area contributed by atoms with E-state index < -0.39 is 0 Å². The topological polar surface area (TPSA) is 34.4 Å². The first-order chi connectivity index (χ1) is 9.77. The van der Waals surface area contributed by atoms with Crippen molar-refractivity contribution in [2.24, 2.45) is 0 Å². The SMILES string of the molecule is CCCCCCCCOCc1cc(CNCC)oc1C. The van der Waals surface area contributed by atoms with Gasteiger partial charge in [-0.2, -0.15) is 0 Å². The fourth-order valence-electron chi connectivity index (χ4n) is 2.23. The van der Waals surface area contributed by atoms with Crippen molar-refractivity contribution in [2.75, 3.05) is 13.2 Å². The van der Waals surface area contributed by atoms with Crippen LogP contribution in [0.2, 0.25) is 0 Å². The lowest BCUT2D eigenvalue weighted by molar-refractivity contribution is 0.116. The number of hydrogen-bond acceptors (Lipinski definition) is 3. The van der Waals surface area contributed by atoms with Crippen molar-refractivity contribution in [3.8, 4) is 0 Å². The molecular formula is C17H31NO2. The molecule has 0 aliphatic carbocycles. The first-order valence-electron chi connectivity index (χ1n) is 8.14. The van der Waals surface area contributed by atoms with Crippen LogP contribution >= 0.6 is 0 Å². The van der Waals surface area contributed by atoms with E-state index in [-0.39, 0.29) is 0 Å². The van der Waals surface area contributed by atoms with Gasteiger partial charge in [0.15, 0.2) is 0 Å². The lowest BCUT2D eigenvalue weighted by Crippen LogP contribution is -2.10. The predicted octanol–water partition coefficient (Wildman–Crippen LogP) is 4.57. The zero-order valence-corrected chi connectivity index (χ0v) is 13.5. The summed E-state index contributed by atoms with van der Waals surface area (Å²) in [6.45, 7) is 9.66. The van der Waals surface area contributed by atoms with Crippen LogP contribution in [0.3, 0.4) is 0 Å². The Morgan fingerprint density at radius 2 is 1.85 bits per heavy atom. The molecule has 1 N–H and O–H groups in total. The van der Waals surface area contributed by atoms with E-state index in [4.69, 9.17) is 9.15 Å². The molecule has 0 aliphatic rings. The highest BCUT2D eigenvalue weighted by molar-refractivity contribution is 5.19. The highest BCUT2D eigenvalue weighted by Gasteiger charge is 2.06. The zero-order chi connectivity index (χ0) is 14.6. The molecule has 0 aliphatic heterocycles. The van der Waals surface area contributed by atoms with Gasteiger partial charge in [-0.25, -0.2) is 0 Å². The summed E-state index contributed by atoms with van der Waals surface area (Å²) in [4.78, 5) is 0. The van der Waals surface area contributed by atoms with Gasteiger partial charge in [0.2, 0.25) is 0 Å². The van der Waals surface area contributed by atoms with Gasteiger partial charge in [0.05, 0.1) is 13.2 Å². The normalized spacial score (nSPS) is 11.2. The second kappa shape index (κ2) is 10.9. The average Bonchev–Trinajstić information content (AvgIpc) is 2.80. The molecule has 0 amide bonds. The number of furan rings is 1. The smallest absolute Gasteiger partial charge is 0.118 e. The number of hydrogen-bond donors (Lipinski definition) is 1. The van der Waals surface area contributed by atoms with Gasteiger partial charge in [-0.05, 0) is 26.0 Å². The Labute approximate surface area is 124 Å². The molecule has 1 aromatic heterocycles. The summed E-state index contributed by atoms with van der Waals surface area (Å²) in [5, 5.41) is 3.27. The molecule has 0 spiro atoms. The minimum Gasteiger partial charge on any atom is -0.465 e. The number of rotatable bonds is 12. The fraction of sp³-hybridized carbons (Fsp3) is 0.765. The number of ether oxygens (including phenoxy) is 1. The van der Waals surface area contributed by atoms with Gasteiger partial charge >= 0.3 is 0 Å². The molecule has 1 heterocycles. The van der Waals surface area contributed by atoms with E-state index in [1.165, 1.54) is 44.1 Å². The molecule has 0 unspecified atom stereocenters. The first kappa shape index (κ1) is 17.3. The Morgan fingerprint density at radius 1 is 1.10 bits per heavy atom. The quantitative estimate of drug-likeness (QED) is 0.570. The Balaban J connectivity index is 2.10. The molecule has 20 heavy (non-hydrogen) atoms. The van der Waals surface area contributed by atoms with Crippen molar-refractivity contribution in [1.82, 2.24) is 5.32 Å². The molecule has 0 saturated carbocycles.